The van der Waals surface area contributed by atoms with Crippen molar-refractivity contribution in [1.82, 2.24) is 0 Å². The summed E-state index contributed by atoms with van der Waals surface area (Å²) in [4.78, 5) is 24.0. The molecular formula is C17H24O2S. The predicted octanol–water partition coefficient (Wildman–Crippen LogP) is 4.39. The third-order valence-electron chi connectivity index (χ3n) is 3.20. The van der Waals surface area contributed by atoms with Gasteiger partial charge in [0.1, 0.15) is 5.78 Å². The Bertz CT molecular complexity index is 426. The third kappa shape index (κ3) is 5.91. The number of carbonyl (C=O) groups excluding carboxylic acids is 2. The lowest BCUT2D eigenvalue weighted by Crippen LogP contribution is -2.22. The number of rotatable bonds is 9. The molecule has 0 heterocycles. The van der Waals surface area contributed by atoms with Gasteiger partial charge in [-0.15, -0.1) is 0 Å². The summed E-state index contributed by atoms with van der Waals surface area (Å²) in [6.45, 7) is 5.89. The normalized spacial score (nSPS) is 12.4. The minimum atomic E-state index is -0.471. The molecule has 1 rings (SSSR count). The SMILES string of the molecule is CC(=O)C(CCCCSC(C)C)C(=O)c1ccccc1. The van der Waals surface area contributed by atoms with Crippen molar-refractivity contribution in [3.63, 3.8) is 0 Å². The summed E-state index contributed by atoms with van der Waals surface area (Å²) < 4.78 is 0. The van der Waals surface area contributed by atoms with Gasteiger partial charge in [-0.05, 0) is 30.8 Å². The highest BCUT2D eigenvalue weighted by atomic mass is 32.2. The maximum absolute atomic E-state index is 12.3. The number of carbonyl (C=O) groups is 2. The molecule has 0 aliphatic rings. The molecule has 2 nitrogen and oxygen atoms in total. The molecule has 110 valence electrons. The number of hydrogen-bond donors (Lipinski definition) is 0. The fraction of sp³-hybridized carbons (Fsp3) is 0.529. The molecule has 0 aromatic heterocycles. The minimum absolute atomic E-state index is 0.0182. The molecule has 0 N–H and O–H groups in total. The summed E-state index contributed by atoms with van der Waals surface area (Å²) in [5, 5.41) is 0.643. The molecule has 20 heavy (non-hydrogen) atoms. The average molecular weight is 292 g/mol. The fourth-order valence-corrected chi connectivity index (χ4v) is 2.93. The Labute approximate surface area is 126 Å². The smallest absolute Gasteiger partial charge is 0.173 e. The van der Waals surface area contributed by atoms with Crippen molar-refractivity contribution in [1.29, 1.82) is 0 Å². The second-order valence-electron chi connectivity index (χ2n) is 5.31. The number of benzene rings is 1. The molecule has 0 amide bonds. The molecule has 1 aromatic rings. The largest absolute Gasteiger partial charge is 0.299 e. The van der Waals surface area contributed by atoms with Crippen LogP contribution in [0.1, 0.15) is 50.4 Å². The number of hydrogen-bond acceptors (Lipinski definition) is 3. The first-order valence-corrected chi connectivity index (χ1v) is 8.28. The van der Waals surface area contributed by atoms with Gasteiger partial charge in [-0.2, -0.15) is 11.8 Å². The van der Waals surface area contributed by atoms with Crippen LogP contribution in [0.15, 0.2) is 30.3 Å². The number of Topliss-reactive ketones (excluding diaryl/α,β-unsaturated/α-hetero) is 2. The van der Waals surface area contributed by atoms with Crippen LogP contribution in [-0.4, -0.2) is 22.6 Å². The summed E-state index contributed by atoms with van der Waals surface area (Å²) in [6.07, 6.45) is 2.67. The van der Waals surface area contributed by atoms with Crippen LogP contribution in [0, 0.1) is 5.92 Å². The monoisotopic (exact) mass is 292 g/mol. The zero-order valence-electron chi connectivity index (χ0n) is 12.6. The van der Waals surface area contributed by atoms with E-state index in [9.17, 15) is 9.59 Å². The summed E-state index contributed by atoms with van der Waals surface area (Å²) in [5.74, 6) is 0.577. The van der Waals surface area contributed by atoms with E-state index in [-0.39, 0.29) is 11.6 Å². The van der Waals surface area contributed by atoms with Gasteiger partial charge in [0.15, 0.2) is 5.78 Å². The molecule has 0 aliphatic heterocycles. The van der Waals surface area contributed by atoms with E-state index in [1.54, 1.807) is 12.1 Å². The van der Waals surface area contributed by atoms with Crippen LogP contribution in [0.3, 0.4) is 0 Å². The Morgan fingerprint density at radius 2 is 1.75 bits per heavy atom. The van der Waals surface area contributed by atoms with Gasteiger partial charge in [-0.1, -0.05) is 50.6 Å². The number of ketones is 2. The van der Waals surface area contributed by atoms with E-state index >= 15 is 0 Å². The summed E-state index contributed by atoms with van der Waals surface area (Å²) in [6, 6.07) is 9.12. The fourth-order valence-electron chi connectivity index (χ4n) is 2.09. The van der Waals surface area contributed by atoms with Crippen LogP contribution >= 0.6 is 11.8 Å². The molecule has 0 aliphatic carbocycles. The average Bonchev–Trinajstić information content (AvgIpc) is 2.42. The second kappa shape index (κ2) is 8.96. The number of thioether (sulfide) groups is 1. The van der Waals surface area contributed by atoms with Gasteiger partial charge in [0.25, 0.3) is 0 Å². The predicted molar refractivity (Wildman–Crippen MR) is 86.4 cm³/mol. The highest BCUT2D eigenvalue weighted by molar-refractivity contribution is 7.99. The molecular weight excluding hydrogens is 268 g/mol. The third-order valence-corrected chi connectivity index (χ3v) is 4.39. The Kier molecular flexibility index (Phi) is 7.60. The lowest BCUT2D eigenvalue weighted by atomic mass is 9.90. The van der Waals surface area contributed by atoms with Gasteiger partial charge in [-0.25, -0.2) is 0 Å². The molecule has 1 unspecified atom stereocenters. The van der Waals surface area contributed by atoms with Crippen LogP contribution < -0.4 is 0 Å². The van der Waals surface area contributed by atoms with Crippen molar-refractivity contribution in [3.8, 4) is 0 Å². The second-order valence-corrected chi connectivity index (χ2v) is 6.99. The molecule has 0 radical (unpaired) electrons. The standard InChI is InChI=1S/C17H24O2S/c1-13(2)20-12-8-7-11-16(14(3)18)17(19)15-9-5-4-6-10-15/h4-6,9-10,13,16H,7-8,11-12H2,1-3H3. The quantitative estimate of drug-likeness (QED) is 0.384. The van der Waals surface area contributed by atoms with Crippen LogP contribution in [-0.2, 0) is 4.79 Å². The van der Waals surface area contributed by atoms with Crippen molar-refractivity contribution in [2.24, 2.45) is 5.92 Å². The maximum atomic E-state index is 12.3. The van der Waals surface area contributed by atoms with Crippen LogP contribution in [0.2, 0.25) is 0 Å². The summed E-state index contributed by atoms with van der Waals surface area (Å²) in [5.41, 5.74) is 0.643. The van der Waals surface area contributed by atoms with Crippen molar-refractivity contribution in [3.05, 3.63) is 35.9 Å². The highest BCUT2D eigenvalue weighted by Crippen LogP contribution is 2.19. The van der Waals surface area contributed by atoms with E-state index < -0.39 is 5.92 Å². The van der Waals surface area contributed by atoms with Gasteiger partial charge < -0.3 is 0 Å². The summed E-state index contributed by atoms with van der Waals surface area (Å²) in [7, 11) is 0. The van der Waals surface area contributed by atoms with Crippen molar-refractivity contribution in [2.45, 2.75) is 45.3 Å². The highest BCUT2D eigenvalue weighted by Gasteiger charge is 2.23. The van der Waals surface area contributed by atoms with Crippen molar-refractivity contribution >= 4 is 23.3 Å². The minimum Gasteiger partial charge on any atom is -0.299 e. The van der Waals surface area contributed by atoms with E-state index in [1.807, 2.05) is 30.0 Å². The van der Waals surface area contributed by atoms with E-state index in [4.69, 9.17) is 0 Å². The molecule has 0 fully saturated rings. The van der Waals surface area contributed by atoms with Gasteiger partial charge in [-0.3, -0.25) is 9.59 Å². The van der Waals surface area contributed by atoms with Gasteiger partial charge in [0.2, 0.25) is 0 Å². The zero-order chi connectivity index (χ0) is 15.0. The lowest BCUT2D eigenvalue weighted by Gasteiger charge is -2.13. The Morgan fingerprint density at radius 1 is 1.10 bits per heavy atom. The zero-order valence-corrected chi connectivity index (χ0v) is 13.4. The van der Waals surface area contributed by atoms with Gasteiger partial charge in [0, 0.05) is 5.56 Å². The molecule has 1 aromatic carbocycles. The Balaban J connectivity index is 2.49. The Hall–Kier alpha value is -1.09. The molecule has 0 saturated heterocycles. The van der Waals surface area contributed by atoms with Crippen molar-refractivity contribution in [2.75, 3.05) is 5.75 Å². The molecule has 0 spiro atoms. The van der Waals surface area contributed by atoms with E-state index in [2.05, 4.69) is 13.8 Å². The van der Waals surface area contributed by atoms with E-state index in [0.717, 1.165) is 18.6 Å². The molecule has 0 saturated carbocycles. The van der Waals surface area contributed by atoms with E-state index in [1.165, 1.54) is 6.92 Å². The number of unbranched alkanes of at least 4 members (excludes halogenated alkanes) is 1. The maximum Gasteiger partial charge on any atom is 0.173 e. The van der Waals surface area contributed by atoms with Gasteiger partial charge in [0.05, 0.1) is 5.92 Å². The molecule has 1 atom stereocenters. The first-order valence-electron chi connectivity index (χ1n) is 7.23. The van der Waals surface area contributed by atoms with Crippen LogP contribution in [0.25, 0.3) is 0 Å². The summed E-state index contributed by atoms with van der Waals surface area (Å²) >= 11 is 1.93. The van der Waals surface area contributed by atoms with E-state index in [0.29, 0.717) is 17.2 Å². The first kappa shape index (κ1) is 17.0. The van der Waals surface area contributed by atoms with Crippen LogP contribution in [0.4, 0.5) is 0 Å². The van der Waals surface area contributed by atoms with Crippen LogP contribution in [0.5, 0.6) is 0 Å². The first-order chi connectivity index (χ1) is 9.52. The lowest BCUT2D eigenvalue weighted by molar-refractivity contribution is -0.119. The van der Waals surface area contributed by atoms with Crippen molar-refractivity contribution < 1.29 is 9.59 Å². The molecule has 0 bridgehead atoms. The van der Waals surface area contributed by atoms with Gasteiger partial charge >= 0.3 is 0 Å². The molecule has 3 heteroatoms. The topological polar surface area (TPSA) is 34.1 Å². The Morgan fingerprint density at radius 3 is 2.30 bits per heavy atom.